The first kappa shape index (κ1) is 9.11. The number of rotatable bonds is 0. The summed E-state index contributed by atoms with van der Waals surface area (Å²) in [7, 11) is -1.92. The fourth-order valence-electron chi connectivity index (χ4n) is 1.51. The quantitative estimate of drug-likeness (QED) is 0.533. The van der Waals surface area contributed by atoms with E-state index in [-0.39, 0.29) is 11.2 Å². The Balaban J connectivity index is 2.74. The van der Waals surface area contributed by atoms with Crippen molar-refractivity contribution in [2.45, 2.75) is 45.3 Å². The van der Waals surface area contributed by atoms with Crippen LogP contribution in [0.25, 0.3) is 0 Å². The SMILES string of the molecule is CC1(C)CC(C)(C)O[P+](=O)O1. The molecule has 4 heteroatoms. The minimum Gasteiger partial charge on any atom is -0.113 e. The van der Waals surface area contributed by atoms with E-state index < -0.39 is 8.25 Å². The lowest BCUT2D eigenvalue weighted by Crippen LogP contribution is -2.39. The topological polar surface area (TPSA) is 35.5 Å². The van der Waals surface area contributed by atoms with Gasteiger partial charge in [-0.1, -0.05) is 0 Å². The molecule has 1 fully saturated rings. The Kier molecular flexibility index (Phi) is 2.08. The molecule has 0 aromatic carbocycles. The highest BCUT2D eigenvalue weighted by atomic mass is 31.1. The van der Waals surface area contributed by atoms with Crippen LogP contribution in [-0.4, -0.2) is 11.2 Å². The molecule has 0 amide bonds. The lowest BCUT2D eigenvalue weighted by atomic mass is 9.93. The molecule has 1 aliphatic heterocycles. The van der Waals surface area contributed by atoms with Gasteiger partial charge in [0.15, 0.2) is 0 Å². The fourth-order valence-corrected chi connectivity index (χ4v) is 2.49. The molecule has 0 aromatic heterocycles. The Morgan fingerprint density at radius 3 is 1.73 bits per heavy atom. The van der Waals surface area contributed by atoms with E-state index in [2.05, 4.69) is 0 Å². The van der Waals surface area contributed by atoms with E-state index in [4.69, 9.17) is 9.05 Å². The first-order valence-electron chi connectivity index (χ1n) is 3.66. The molecule has 1 heterocycles. The molecule has 1 saturated heterocycles. The molecule has 0 atom stereocenters. The Hall–Kier alpha value is 0.0200. The molecule has 0 spiro atoms. The van der Waals surface area contributed by atoms with Crippen LogP contribution in [0.2, 0.25) is 0 Å². The van der Waals surface area contributed by atoms with Gasteiger partial charge in [0.1, 0.15) is 11.2 Å². The Labute approximate surface area is 68.0 Å². The first-order chi connectivity index (χ1) is 4.81. The number of hydrogen-bond acceptors (Lipinski definition) is 3. The molecule has 11 heavy (non-hydrogen) atoms. The molecule has 0 radical (unpaired) electrons. The van der Waals surface area contributed by atoms with E-state index in [1.165, 1.54) is 0 Å². The zero-order chi connectivity index (χ0) is 8.70. The third-order valence-electron chi connectivity index (χ3n) is 1.49. The normalized spacial score (nSPS) is 28.5. The lowest BCUT2D eigenvalue weighted by molar-refractivity contribution is -0.0507. The van der Waals surface area contributed by atoms with Gasteiger partial charge in [-0.25, -0.2) is 0 Å². The Morgan fingerprint density at radius 1 is 1.09 bits per heavy atom. The van der Waals surface area contributed by atoms with Crippen molar-refractivity contribution in [3.63, 3.8) is 0 Å². The van der Waals surface area contributed by atoms with Crippen molar-refractivity contribution in [3.05, 3.63) is 0 Å². The van der Waals surface area contributed by atoms with Gasteiger partial charge in [0.25, 0.3) is 0 Å². The molecule has 0 N–H and O–H groups in total. The summed E-state index contributed by atoms with van der Waals surface area (Å²) < 4.78 is 21.2. The van der Waals surface area contributed by atoms with Crippen LogP contribution < -0.4 is 0 Å². The molecule has 1 aliphatic rings. The average Bonchev–Trinajstić information content (AvgIpc) is 1.49. The second-order valence-electron chi connectivity index (χ2n) is 4.10. The summed E-state index contributed by atoms with van der Waals surface area (Å²) in [6, 6.07) is 0. The van der Waals surface area contributed by atoms with Gasteiger partial charge in [0.2, 0.25) is 0 Å². The number of hydrogen-bond donors (Lipinski definition) is 0. The van der Waals surface area contributed by atoms with Gasteiger partial charge >= 0.3 is 8.25 Å². The molecule has 0 unspecified atom stereocenters. The summed E-state index contributed by atoms with van der Waals surface area (Å²) in [5.74, 6) is 0. The van der Waals surface area contributed by atoms with Crippen molar-refractivity contribution < 1.29 is 13.6 Å². The van der Waals surface area contributed by atoms with E-state index in [1.54, 1.807) is 0 Å². The molecule has 1 rings (SSSR count). The van der Waals surface area contributed by atoms with Crippen LogP contribution in [0.5, 0.6) is 0 Å². The summed E-state index contributed by atoms with van der Waals surface area (Å²) in [5, 5.41) is 0. The van der Waals surface area contributed by atoms with Crippen molar-refractivity contribution in [2.24, 2.45) is 0 Å². The fraction of sp³-hybridized carbons (Fsp3) is 1.00. The van der Waals surface area contributed by atoms with Gasteiger partial charge in [-0.15, -0.1) is 9.05 Å². The zero-order valence-corrected chi connectivity index (χ0v) is 8.27. The summed E-state index contributed by atoms with van der Waals surface area (Å²) in [6.07, 6.45) is 0.765. The third-order valence-corrected chi connectivity index (χ3v) is 2.78. The second-order valence-corrected chi connectivity index (χ2v) is 4.91. The van der Waals surface area contributed by atoms with Crippen molar-refractivity contribution in [1.29, 1.82) is 0 Å². The summed E-state index contributed by atoms with van der Waals surface area (Å²) in [6.45, 7) is 7.68. The maximum Gasteiger partial charge on any atom is 0.698 e. The highest BCUT2D eigenvalue weighted by Gasteiger charge is 2.49. The van der Waals surface area contributed by atoms with Gasteiger partial charge in [-0.2, -0.15) is 0 Å². The predicted octanol–water partition coefficient (Wildman–Crippen LogP) is 2.64. The third kappa shape index (κ3) is 2.51. The molecule has 0 aromatic rings. The summed E-state index contributed by atoms with van der Waals surface area (Å²) in [5.41, 5.74) is -0.648. The second kappa shape index (κ2) is 2.51. The van der Waals surface area contributed by atoms with Gasteiger partial charge in [-0.05, 0) is 27.7 Å². The van der Waals surface area contributed by atoms with Gasteiger partial charge in [-0.3, -0.25) is 0 Å². The van der Waals surface area contributed by atoms with E-state index in [9.17, 15) is 4.57 Å². The highest BCUT2D eigenvalue weighted by Crippen LogP contribution is 2.46. The largest absolute Gasteiger partial charge is 0.698 e. The van der Waals surface area contributed by atoms with E-state index >= 15 is 0 Å². The first-order valence-corrected chi connectivity index (χ1v) is 4.76. The molecule has 0 aliphatic carbocycles. The zero-order valence-electron chi connectivity index (χ0n) is 7.38. The van der Waals surface area contributed by atoms with Crippen molar-refractivity contribution in [3.8, 4) is 0 Å². The van der Waals surface area contributed by atoms with Crippen LogP contribution in [0.3, 0.4) is 0 Å². The maximum atomic E-state index is 11.0. The maximum absolute atomic E-state index is 11.0. The van der Waals surface area contributed by atoms with Crippen molar-refractivity contribution in [1.82, 2.24) is 0 Å². The van der Waals surface area contributed by atoms with Crippen LogP contribution in [-0.2, 0) is 13.6 Å². The Bertz CT molecular complexity index is 168. The Morgan fingerprint density at radius 2 is 1.45 bits per heavy atom. The van der Waals surface area contributed by atoms with Gasteiger partial charge in [0, 0.05) is 11.0 Å². The molecule has 0 saturated carbocycles. The van der Waals surface area contributed by atoms with E-state index in [1.807, 2.05) is 27.7 Å². The molecule has 64 valence electrons. The van der Waals surface area contributed by atoms with Crippen LogP contribution in [0.1, 0.15) is 34.1 Å². The average molecular weight is 177 g/mol. The van der Waals surface area contributed by atoms with Crippen LogP contribution in [0.15, 0.2) is 0 Å². The monoisotopic (exact) mass is 177 g/mol. The molecule has 0 bridgehead atoms. The van der Waals surface area contributed by atoms with Crippen LogP contribution in [0.4, 0.5) is 0 Å². The van der Waals surface area contributed by atoms with Crippen molar-refractivity contribution >= 4 is 8.25 Å². The van der Waals surface area contributed by atoms with Crippen molar-refractivity contribution in [2.75, 3.05) is 0 Å². The standard InChI is InChI=1S/C7H14O3P/c1-6(2)5-7(3,4)10-11(8)9-6/h5H2,1-4H3/q+1. The summed E-state index contributed by atoms with van der Waals surface area (Å²) in [4.78, 5) is 0. The minimum atomic E-state index is -1.92. The molecular weight excluding hydrogens is 163 g/mol. The van der Waals surface area contributed by atoms with Crippen LogP contribution in [0, 0.1) is 0 Å². The predicted molar refractivity (Wildman–Crippen MR) is 42.6 cm³/mol. The lowest BCUT2D eigenvalue weighted by Gasteiger charge is -2.30. The van der Waals surface area contributed by atoms with Gasteiger partial charge < -0.3 is 0 Å². The summed E-state index contributed by atoms with van der Waals surface area (Å²) >= 11 is 0. The van der Waals surface area contributed by atoms with Crippen LogP contribution >= 0.6 is 8.25 Å². The highest BCUT2D eigenvalue weighted by molar-refractivity contribution is 7.33. The minimum absolute atomic E-state index is 0.324. The van der Waals surface area contributed by atoms with E-state index in [0.717, 1.165) is 6.42 Å². The van der Waals surface area contributed by atoms with Gasteiger partial charge in [0.05, 0.1) is 0 Å². The molecular formula is C7H14O3P+. The smallest absolute Gasteiger partial charge is 0.113 e. The van der Waals surface area contributed by atoms with E-state index in [0.29, 0.717) is 0 Å². The molecule has 3 nitrogen and oxygen atoms in total.